The molecular formula is C6H14N2O3. The van der Waals surface area contributed by atoms with Crippen LogP contribution in [0.4, 0.5) is 0 Å². The van der Waals surface area contributed by atoms with Gasteiger partial charge < -0.3 is 21.3 Å². The van der Waals surface area contributed by atoms with Crippen molar-refractivity contribution in [2.75, 3.05) is 19.8 Å². The molecule has 0 rings (SSSR count). The summed E-state index contributed by atoms with van der Waals surface area (Å²) < 4.78 is 4.91. The normalized spacial score (nSPS) is 12.9. The first kappa shape index (κ1) is 10.3. The predicted octanol–water partition coefficient (Wildman–Crippen LogP) is -1.24. The fourth-order valence-electron chi connectivity index (χ4n) is 0.467. The van der Waals surface area contributed by atoms with Crippen LogP contribution in [0.5, 0.6) is 0 Å². The van der Waals surface area contributed by atoms with Crippen LogP contribution in [0.1, 0.15) is 6.42 Å². The molecule has 0 spiro atoms. The fourth-order valence-corrected chi connectivity index (χ4v) is 0.467. The van der Waals surface area contributed by atoms with Crippen LogP contribution in [-0.4, -0.2) is 36.9 Å². The molecule has 11 heavy (non-hydrogen) atoms. The van der Waals surface area contributed by atoms with Gasteiger partial charge in [-0.1, -0.05) is 0 Å². The zero-order chi connectivity index (χ0) is 8.69. The molecule has 0 bridgehead atoms. The number of ether oxygens (including phenoxy) is 1. The number of nitrogens with two attached hydrogens (primary N) is 2. The molecule has 0 heterocycles. The van der Waals surface area contributed by atoms with E-state index in [0.717, 1.165) is 6.42 Å². The predicted molar refractivity (Wildman–Crippen MR) is 40.1 cm³/mol. The highest BCUT2D eigenvalue weighted by Crippen LogP contribution is 1.84. The Morgan fingerprint density at radius 3 is 2.73 bits per heavy atom. The Balaban J connectivity index is 3.17. The molecule has 0 amide bonds. The lowest BCUT2D eigenvalue weighted by Crippen LogP contribution is -2.35. The van der Waals surface area contributed by atoms with E-state index in [9.17, 15) is 4.79 Å². The van der Waals surface area contributed by atoms with Crippen LogP contribution >= 0.6 is 0 Å². The second kappa shape index (κ2) is 6.09. The highest BCUT2D eigenvalue weighted by molar-refractivity contribution is 5.73. The summed E-state index contributed by atoms with van der Waals surface area (Å²) in [5.74, 6) is -1.04. The Hall–Kier alpha value is -0.650. The highest BCUT2D eigenvalue weighted by Gasteiger charge is 2.10. The van der Waals surface area contributed by atoms with Gasteiger partial charge in [-0.3, -0.25) is 4.79 Å². The smallest absolute Gasteiger partial charge is 0.322 e. The first-order chi connectivity index (χ1) is 5.18. The number of carboxylic acid groups (broad SMARTS) is 1. The average molecular weight is 162 g/mol. The Labute approximate surface area is 65.3 Å². The number of rotatable bonds is 6. The summed E-state index contributed by atoms with van der Waals surface area (Å²) >= 11 is 0. The minimum atomic E-state index is -1.04. The number of carbonyl (C=O) groups is 1. The van der Waals surface area contributed by atoms with E-state index < -0.39 is 12.0 Å². The molecule has 0 radical (unpaired) electrons. The van der Waals surface area contributed by atoms with Gasteiger partial charge in [0.25, 0.3) is 0 Å². The van der Waals surface area contributed by atoms with E-state index in [4.69, 9.17) is 21.3 Å². The van der Waals surface area contributed by atoms with Crippen LogP contribution in [0.15, 0.2) is 0 Å². The third-order valence-electron chi connectivity index (χ3n) is 1.11. The van der Waals surface area contributed by atoms with Gasteiger partial charge in [0.05, 0.1) is 6.61 Å². The lowest BCUT2D eigenvalue weighted by molar-refractivity contribution is -0.140. The quantitative estimate of drug-likeness (QED) is 0.424. The Morgan fingerprint density at radius 1 is 1.64 bits per heavy atom. The highest BCUT2D eigenvalue weighted by atomic mass is 16.5. The summed E-state index contributed by atoms with van der Waals surface area (Å²) in [4.78, 5) is 10.1. The van der Waals surface area contributed by atoms with Crippen molar-refractivity contribution in [3.05, 3.63) is 0 Å². The zero-order valence-corrected chi connectivity index (χ0v) is 6.32. The Kier molecular flexibility index (Phi) is 5.73. The lowest BCUT2D eigenvalue weighted by Gasteiger charge is -2.06. The maximum atomic E-state index is 10.1. The van der Waals surface area contributed by atoms with Crippen LogP contribution in [0.25, 0.3) is 0 Å². The van der Waals surface area contributed by atoms with Crippen LogP contribution < -0.4 is 11.5 Å². The lowest BCUT2D eigenvalue weighted by atomic mass is 10.3. The van der Waals surface area contributed by atoms with Crippen LogP contribution in [0, 0.1) is 0 Å². The number of hydrogen-bond donors (Lipinski definition) is 3. The van der Waals surface area contributed by atoms with E-state index >= 15 is 0 Å². The van der Waals surface area contributed by atoms with Crippen molar-refractivity contribution in [3.8, 4) is 0 Å². The van der Waals surface area contributed by atoms with Gasteiger partial charge in [0.1, 0.15) is 6.04 Å². The second-order valence-electron chi connectivity index (χ2n) is 2.16. The molecule has 0 saturated heterocycles. The van der Waals surface area contributed by atoms with E-state index in [1.807, 2.05) is 0 Å². The second-order valence-corrected chi connectivity index (χ2v) is 2.16. The van der Waals surface area contributed by atoms with E-state index in [-0.39, 0.29) is 6.61 Å². The standard InChI is InChI=1S/C6H14N2O3/c7-2-1-3-11-4-5(8)6(9)10/h5H,1-4,7-8H2,(H,9,10)/t5-/m0/s1. The molecule has 5 heteroatoms. The molecule has 0 saturated carbocycles. The molecule has 5 nitrogen and oxygen atoms in total. The van der Waals surface area contributed by atoms with Crippen molar-refractivity contribution in [1.82, 2.24) is 0 Å². The Bertz CT molecular complexity index is 118. The minimum absolute atomic E-state index is 0.0509. The van der Waals surface area contributed by atoms with Crippen LogP contribution in [0.2, 0.25) is 0 Å². The molecule has 1 atom stereocenters. The molecule has 0 fully saturated rings. The number of carboxylic acids is 1. The van der Waals surface area contributed by atoms with E-state index in [2.05, 4.69) is 0 Å². The summed E-state index contributed by atoms with van der Waals surface area (Å²) in [6, 6.07) is -0.923. The molecule has 0 aliphatic rings. The molecule has 0 aliphatic heterocycles. The average Bonchev–Trinajstić information content (AvgIpc) is 1.97. The number of aliphatic carboxylic acids is 1. The van der Waals surface area contributed by atoms with E-state index in [1.165, 1.54) is 0 Å². The van der Waals surface area contributed by atoms with Crippen molar-refractivity contribution in [1.29, 1.82) is 0 Å². The minimum Gasteiger partial charge on any atom is -0.480 e. The third-order valence-corrected chi connectivity index (χ3v) is 1.11. The molecule has 0 aliphatic carbocycles. The van der Waals surface area contributed by atoms with Crippen molar-refractivity contribution in [2.45, 2.75) is 12.5 Å². The fraction of sp³-hybridized carbons (Fsp3) is 0.833. The topological polar surface area (TPSA) is 98.6 Å². The molecule has 5 N–H and O–H groups in total. The summed E-state index contributed by atoms with van der Waals surface area (Å²) in [6.07, 6.45) is 0.729. The zero-order valence-electron chi connectivity index (χ0n) is 6.32. The first-order valence-electron chi connectivity index (χ1n) is 3.44. The molecule has 0 aromatic heterocycles. The molecule has 0 unspecified atom stereocenters. The monoisotopic (exact) mass is 162 g/mol. The largest absolute Gasteiger partial charge is 0.480 e. The van der Waals surface area contributed by atoms with Crippen LogP contribution in [-0.2, 0) is 9.53 Å². The van der Waals surface area contributed by atoms with Gasteiger partial charge in [-0.05, 0) is 13.0 Å². The van der Waals surface area contributed by atoms with Crippen LogP contribution in [0.3, 0.4) is 0 Å². The van der Waals surface area contributed by atoms with Crippen molar-refractivity contribution in [2.24, 2.45) is 11.5 Å². The van der Waals surface area contributed by atoms with Gasteiger partial charge in [0.15, 0.2) is 0 Å². The summed E-state index contributed by atoms with van der Waals surface area (Å²) in [6.45, 7) is 1.06. The molecule has 0 aromatic rings. The van der Waals surface area contributed by atoms with Gasteiger partial charge in [-0.25, -0.2) is 0 Å². The molecule has 66 valence electrons. The van der Waals surface area contributed by atoms with Gasteiger partial charge in [0, 0.05) is 6.61 Å². The summed E-state index contributed by atoms with van der Waals surface area (Å²) in [5.41, 5.74) is 10.3. The van der Waals surface area contributed by atoms with Crippen molar-refractivity contribution < 1.29 is 14.6 Å². The maximum absolute atomic E-state index is 10.1. The Morgan fingerprint density at radius 2 is 2.27 bits per heavy atom. The first-order valence-corrected chi connectivity index (χ1v) is 3.44. The third kappa shape index (κ3) is 5.78. The summed E-state index contributed by atoms with van der Waals surface area (Å²) in [5, 5.41) is 8.31. The maximum Gasteiger partial charge on any atom is 0.322 e. The summed E-state index contributed by atoms with van der Waals surface area (Å²) in [7, 11) is 0. The SMILES string of the molecule is NCCCOC[C@H](N)C(=O)O. The number of hydrogen-bond acceptors (Lipinski definition) is 4. The van der Waals surface area contributed by atoms with Gasteiger partial charge in [-0.2, -0.15) is 0 Å². The van der Waals surface area contributed by atoms with E-state index in [0.29, 0.717) is 13.2 Å². The molecular weight excluding hydrogens is 148 g/mol. The van der Waals surface area contributed by atoms with E-state index in [1.54, 1.807) is 0 Å². The van der Waals surface area contributed by atoms with Gasteiger partial charge >= 0.3 is 5.97 Å². The van der Waals surface area contributed by atoms with Crippen molar-refractivity contribution in [3.63, 3.8) is 0 Å². The van der Waals surface area contributed by atoms with Gasteiger partial charge in [-0.15, -0.1) is 0 Å². The van der Waals surface area contributed by atoms with Gasteiger partial charge in [0.2, 0.25) is 0 Å². The van der Waals surface area contributed by atoms with Crippen molar-refractivity contribution >= 4 is 5.97 Å². The molecule has 0 aromatic carbocycles.